The van der Waals surface area contributed by atoms with E-state index in [0.29, 0.717) is 16.9 Å². The number of nitrogens with zero attached hydrogens (tertiary/aromatic N) is 1. The minimum atomic E-state index is -0.387. The van der Waals surface area contributed by atoms with Gasteiger partial charge < -0.3 is 4.74 Å². The molecule has 0 N–H and O–H groups in total. The lowest BCUT2D eigenvalue weighted by atomic mass is 10.1. The maximum absolute atomic E-state index is 13.2. The van der Waals surface area contributed by atoms with E-state index in [-0.39, 0.29) is 12.4 Å². The molecule has 0 aliphatic heterocycles. The number of ether oxygens (including phenoxy) is 1. The fraction of sp³-hybridized carbons (Fsp3) is 0.300. The molecule has 0 saturated carbocycles. The zero-order chi connectivity index (χ0) is 10.6. The molecule has 0 aromatic heterocycles. The molecule has 0 radical (unpaired) electrons. The van der Waals surface area contributed by atoms with Crippen molar-refractivity contribution in [2.45, 2.75) is 13.5 Å². The Labute approximate surface area is 81.2 Å². The molecule has 0 atom stereocenters. The lowest BCUT2D eigenvalue weighted by Gasteiger charge is -2.08. The van der Waals surface area contributed by atoms with Gasteiger partial charge in [0, 0.05) is 5.56 Å². The zero-order valence-corrected chi connectivity index (χ0v) is 8.00. The van der Waals surface area contributed by atoms with Crippen LogP contribution in [0.15, 0.2) is 17.1 Å². The highest BCUT2D eigenvalue weighted by molar-refractivity contribution is 5.41. The topological polar surface area (TPSA) is 38.7 Å². The van der Waals surface area contributed by atoms with Crippen LogP contribution in [0.25, 0.3) is 0 Å². The number of aliphatic imine (C=N–C) groups is 1. The van der Waals surface area contributed by atoms with Crippen molar-refractivity contribution < 1.29 is 13.9 Å². The predicted molar refractivity (Wildman–Crippen MR) is 49.5 cm³/mol. The van der Waals surface area contributed by atoms with Crippen LogP contribution in [0.5, 0.6) is 5.75 Å². The van der Waals surface area contributed by atoms with Crippen molar-refractivity contribution in [1.82, 2.24) is 0 Å². The summed E-state index contributed by atoms with van der Waals surface area (Å²) < 4.78 is 18.3. The molecule has 0 aliphatic carbocycles. The molecule has 0 heterocycles. The van der Waals surface area contributed by atoms with Crippen LogP contribution in [0, 0.1) is 12.7 Å². The van der Waals surface area contributed by atoms with Crippen LogP contribution in [0.2, 0.25) is 0 Å². The van der Waals surface area contributed by atoms with Gasteiger partial charge in [0.25, 0.3) is 0 Å². The Balaban J connectivity index is 3.17. The number of rotatable bonds is 3. The van der Waals surface area contributed by atoms with Gasteiger partial charge in [-0.1, -0.05) is 0 Å². The first-order valence-electron chi connectivity index (χ1n) is 4.06. The second-order valence-electron chi connectivity index (χ2n) is 2.76. The van der Waals surface area contributed by atoms with Crippen molar-refractivity contribution in [1.29, 1.82) is 0 Å². The van der Waals surface area contributed by atoms with E-state index in [4.69, 9.17) is 4.74 Å². The van der Waals surface area contributed by atoms with Gasteiger partial charge in [-0.15, -0.1) is 0 Å². The van der Waals surface area contributed by atoms with Gasteiger partial charge in [0.05, 0.1) is 13.7 Å². The van der Waals surface area contributed by atoms with Gasteiger partial charge in [-0.3, -0.25) is 0 Å². The average molecular weight is 195 g/mol. The standard InChI is InChI=1S/C10H10FNO2/c1-7-8(5-12-6-13)9(11)3-4-10(7)14-2/h3-4H,5H2,1-2H3. The minimum absolute atomic E-state index is 0.00162. The van der Waals surface area contributed by atoms with Gasteiger partial charge in [0.15, 0.2) is 0 Å². The second kappa shape index (κ2) is 4.53. The van der Waals surface area contributed by atoms with Gasteiger partial charge in [-0.25, -0.2) is 14.2 Å². The third-order valence-corrected chi connectivity index (χ3v) is 2.01. The van der Waals surface area contributed by atoms with E-state index in [2.05, 4.69) is 4.99 Å². The average Bonchev–Trinajstić information content (AvgIpc) is 2.18. The molecule has 0 bridgehead atoms. The summed E-state index contributed by atoms with van der Waals surface area (Å²) in [5.41, 5.74) is 1.03. The molecule has 1 aromatic rings. The summed E-state index contributed by atoms with van der Waals surface area (Å²) in [7, 11) is 1.51. The lowest BCUT2D eigenvalue weighted by Crippen LogP contribution is -1.96. The van der Waals surface area contributed by atoms with Crippen LogP contribution >= 0.6 is 0 Å². The largest absolute Gasteiger partial charge is 0.496 e. The van der Waals surface area contributed by atoms with Crippen molar-refractivity contribution >= 4 is 6.08 Å². The Morgan fingerprint density at radius 2 is 2.29 bits per heavy atom. The Hall–Kier alpha value is -1.67. The smallest absolute Gasteiger partial charge is 0.235 e. The van der Waals surface area contributed by atoms with E-state index in [1.807, 2.05) is 0 Å². The first kappa shape index (κ1) is 10.4. The summed E-state index contributed by atoms with van der Waals surface area (Å²) in [5, 5.41) is 0. The Morgan fingerprint density at radius 1 is 1.57 bits per heavy atom. The Bertz CT molecular complexity index is 384. The molecule has 0 amide bonds. The van der Waals surface area contributed by atoms with Crippen molar-refractivity contribution in [2.75, 3.05) is 7.11 Å². The van der Waals surface area contributed by atoms with Crippen molar-refractivity contribution in [3.05, 3.63) is 29.1 Å². The molecule has 0 unspecified atom stereocenters. The maximum atomic E-state index is 13.2. The molecule has 0 saturated heterocycles. The Kier molecular flexibility index (Phi) is 3.37. The van der Waals surface area contributed by atoms with Gasteiger partial charge in [0.1, 0.15) is 11.6 Å². The molecule has 1 aromatic carbocycles. The monoisotopic (exact) mass is 195 g/mol. The predicted octanol–water partition coefficient (Wildman–Crippen LogP) is 1.98. The lowest BCUT2D eigenvalue weighted by molar-refractivity contribution is 0.409. The van der Waals surface area contributed by atoms with Gasteiger partial charge >= 0.3 is 0 Å². The molecular weight excluding hydrogens is 185 g/mol. The number of hydrogen-bond acceptors (Lipinski definition) is 3. The summed E-state index contributed by atoms with van der Waals surface area (Å²) in [6.45, 7) is 1.72. The van der Waals surface area contributed by atoms with Gasteiger partial charge in [-0.05, 0) is 24.6 Å². The third kappa shape index (κ3) is 1.98. The van der Waals surface area contributed by atoms with Gasteiger partial charge in [-0.2, -0.15) is 0 Å². The quantitative estimate of drug-likeness (QED) is 0.546. The number of benzene rings is 1. The number of methoxy groups -OCH3 is 1. The van der Waals surface area contributed by atoms with Crippen molar-refractivity contribution in [3.63, 3.8) is 0 Å². The summed E-state index contributed by atoms with van der Waals surface area (Å²) >= 11 is 0. The summed E-state index contributed by atoms with van der Waals surface area (Å²) in [5.74, 6) is 0.199. The third-order valence-electron chi connectivity index (χ3n) is 2.01. The highest BCUT2D eigenvalue weighted by atomic mass is 19.1. The normalized spacial score (nSPS) is 9.36. The molecule has 14 heavy (non-hydrogen) atoms. The van der Waals surface area contributed by atoms with Crippen molar-refractivity contribution in [2.24, 2.45) is 4.99 Å². The summed E-state index contributed by atoms with van der Waals surface area (Å²) in [6, 6.07) is 2.83. The molecule has 0 spiro atoms. The molecule has 0 fully saturated rings. The highest BCUT2D eigenvalue weighted by Crippen LogP contribution is 2.24. The first-order valence-corrected chi connectivity index (χ1v) is 4.06. The molecule has 0 aliphatic rings. The van der Waals surface area contributed by atoms with Crippen LogP contribution in [-0.2, 0) is 11.3 Å². The van der Waals surface area contributed by atoms with E-state index in [1.165, 1.54) is 19.3 Å². The number of halogens is 1. The van der Waals surface area contributed by atoms with Crippen LogP contribution in [0.4, 0.5) is 4.39 Å². The maximum Gasteiger partial charge on any atom is 0.235 e. The zero-order valence-electron chi connectivity index (χ0n) is 8.00. The summed E-state index contributed by atoms with van der Waals surface area (Å²) in [6.07, 6.45) is 1.38. The van der Waals surface area contributed by atoms with Crippen LogP contribution in [0.3, 0.4) is 0 Å². The Morgan fingerprint density at radius 3 is 2.86 bits per heavy atom. The van der Waals surface area contributed by atoms with E-state index >= 15 is 0 Å². The fourth-order valence-corrected chi connectivity index (χ4v) is 1.23. The number of hydrogen-bond donors (Lipinski definition) is 0. The van der Waals surface area contributed by atoms with E-state index in [1.54, 1.807) is 13.0 Å². The van der Waals surface area contributed by atoms with E-state index in [0.717, 1.165) is 0 Å². The van der Waals surface area contributed by atoms with Crippen LogP contribution in [0.1, 0.15) is 11.1 Å². The van der Waals surface area contributed by atoms with Gasteiger partial charge in [0.2, 0.25) is 6.08 Å². The van der Waals surface area contributed by atoms with E-state index in [9.17, 15) is 9.18 Å². The minimum Gasteiger partial charge on any atom is -0.496 e. The number of isocyanates is 1. The molecular formula is C10H10FNO2. The van der Waals surface area contributed by atoms with Crippen LogP contribution < -0.4 is 4.74 Å². The van der Waals surface area contributed by atoms with E-state index < -0.39 is 0 Å². The molecule has 3 nitrogen and oxygen atoms in total. The number of carbonyl (C=O) groups excluding carboxylic acids is 1. The summed E-state index contributed by atoms with van der Waals surface area (Å²) in [4.78, 5) is 13.2. The molecule has 1 rings (SSSR count). The second-order valence-corrected chi connectivity index (χ2v) is 2.76. The van der Waals surface area contributed by atoms with Crippen molar-refractivity contribution in [3.8, 4) is 5.75 Å². The molecule has 4 heteroatoms. The highest BCUT2D eigenvalue weighted by Gasteiger charge is 2.09. The van der Waals surface area contributed by atoms with Crippen LogP contribution in [-0.4, -0.2) is 13.2 Å². The molecule has 74 valence electrons. The fourth-order valence-electron chi connectivity index (χ4n) is 1.23. The SMILES string of the molecule is COc1ccc(F)c(CN=C=O)c1C. The first-order chi connectivity index (χ1) is 6.70.